The fourth-order valence-corrected chi connectivity index (χ4v) is 2.50. The minimum atomic E-state index is -0.309. The molecule has 0 bridgehead atoms. The molecule has 1 aliphatic rings. The van der Waals surface area contributed by atoms with Crippen LogP contribution in [0.3, 0.4) is 0 Å². The molecule has 0 spiro atoms. The molecule has 5 nitrogen and oxygen atoms in total. The Hall–Kier alpha value is -2.56. The van der Waals surface area contributed by atoms with Gasteiger partial charge in [0.05, 0.1) is 17.6 Å². The third-order valence-electron chi connectivity index (χ3n) is 3.58. The number of anilines is 2. The molecule has 2 amide bonds. The molecule has 2 aromatic rings. The first-order chi connectivity index (χ1) is 10.2. The number of amides is 2. The van der Waals surface area contributed by atoms with E-state index in [4.69, 9.17) is 4.42 Å². The molecule has 21 heavy (non-hydrogen) atoms. The van der Waals surface area contributed by atoms with Gasteiger partial charge in [-0.3, -0.25) is 9.59 Å². The molecule has 1 aliphatic heterocycles. The van der Waals surface area contributed by atoms with Crippen LogP contribution < -0.4 is 10.2 Å². The van der Waals surface area contributed by atoms with Crippen molar-refractivity contribution in [2.75, 3.05) is 16.8 Å². The molecule has 3 rings (SSSR count). The molecule has 0 radical (unpaired) electrons. The lowest BCUT2D eigenvalue weighted by atomic mass is 10.2. The highest BCUT2D eigenvalue weighted by atomic mass is 16.3. The third-order valence-corrected chi connectivity index (χ3v) is 3.58. The van der Waals surface area contributed by atoms with Gasteiger partial charge >= 0.3 is 0 Å². The molecule has 1 fully saturated rings. The summed E-state index contributed by atoms with van der Waals surface area (Å²) in [6.07, 6.45) is 2.89. The number of hydrogen-bond donors (Lipinski definition) is 1. The number of carbonyl (C=O) groups is 2. The van der Waals surface area contributed by atoms with Gasteiger partial charge in [0.2, 0.25) is 5.91 Å². The van der Waals surface area contributed by atoms with E-state index < -0.39 is 0 Å². The van der Waals surface area contributed by atoms with Crippen LogP contribution in [0.2, 0.25) is 0 Å². The highest BCUT2D eigenvalue weighted by Gasteiger charge is 2.24. The quantitative estimate of drug-likeness (QED) is 0.942. The summed E-state index contributed by atoms with van der Waals surface area (Å²) in [5.41, 5.74) is 2.13. The van der Waals surface area contributed by atoms with E-state index in [1.807, 2.05) is 25.1 Å². The van der Waals surface area contributed by atoms with Gasteiger partial charge < -0.3 is 14.6 Å². The zero-order valence-electron chi connectivity index (χ0n) is 11.8. The summed E-state index contributed by atoms with van der Waals surface area (Å²) in [6, 6.07) is 9.05. The number of benzene rings is 1. The monoisotopic (exact) mass is 284 g/mol. The van der Waals surface area contributed by atoms with Crippen molar-refractivity contribution in [1.82, 2.24) is 0 Å². The van der Waals surface area contributed by atoms with Crippen molar-refractivity contribution in [3.8, 4) is 0 Å². The number of hydrogen-bond acceptors (Lipinski definition) is 3. The van der Waals surface area contributed by atoms with Crippen molar-refractivity contribution in [2.45, 2.75) is 19.8 Å². The Morgan fingerprint density at radius 2 is 2.10 bits per heavy atom. The Labute approximate surface area is 122 Å². The van der Waals surface area contributed by atoms with Crippen molar-refractivity contribution in [2.24, 2.45) is 0 Å². The highest BCUT2D eigenvalue weighted by molar-refractivity contribution is 6.07. The van der Waals surface area contributed by atoms with Crippen molar-refractivity contribution >= 4 is 23.2 Å². The summed E-state index contributed by atoms with van der Waals surface area (Å²) in [5, 5.41) is 2.82. The lowest BCUT2D eigenvalue weighted by Gasteiger charge is -2.19. The summed E-state index contributed by atoms with van der Waals surface area (Å²) in [7, 11) is 0. The second-order valence-corrected chi connectivity index (χ2v) is 5.05. The van der Waals surface area contributed by atoms with Gasteiger partial charge in [-0.15, -0.1) is 0 Å². The SMILES string of the molecule is Cc1ccoc1C(=O)Nc1ccccc1N1CCCC1=O. The summed E-state index contributed by atoms with van der Waals surface area (Å²) >= 11 is 0. The lowest BCUT2D eigenvalue weighted by Crippen LogP contribution is -2.25. The fraction of sp³-hybridized carbons (Fsp3) is 0.250. The van der Waals surface area contributed by atoms with E-state index in [2.05, 4.69) is 5.32 Å². The minimum Gasteiger partial charge on any atom is -0.459 e. The molecule has 5 heteroatoms. The van der Waals surface area contributed by atoms with E-state index in [0.29, 0.717) is 18.7 Å². The molecule has 1 saturated heterocycles. The predicted molar refractivity (Wildman–Crippen MR) is 79.4 cm³/mol. The maximum Gasteiger partial charge on any atom is 0.291 e. The van der Waals surface area contributed by atoms with Gasteiger partial charge in [-0.1, -0.05) is 12.1 Å². The Morgan fingerprint density at radius 3 is 2.76 bits per heavy atom. The number of nitrogens with zero attached hydrogens (tertiary/aromatic N) is 1. The normalized spacial score (nSPS) is 14.5. The van der Waals surface area contributed by atoms with Crippen LogP contribution in [0.5, 0.6) is 0 Å². The molecule has 1 aromatic carbocycles. The van der Waals surface area contributed by atoms with Crippen LogP contribution in [0, 0.1) is 6.92 Å². The van der Waals surface area contributed by atoms with E-state index in [1.165, 1.54) is 6.26 Å². The van der Waals surface area contributed by atoms with E-state index in [0.717, 1.165) is 17.7 Å². The first kappa shape index (κ1) is 13.4. The van der Waals surface area contributed by atoms with E-state index in [9.17, 15) is 9.59 Å². The highest BCUT2D eigenvalue weighted by Crippen LogP contribution is 2.29. The average molecular weight is 284 g/mol. The summed E-state index contributed by atoms with van der Waals surface area (Å²) in [4.78, 5) is 25.8. The van der Waals surface area contributed by atoms with Crippen LogP contribution in [-0.4, -0.2) is 18.4 Å². The first-order valence-electron chi connectivity index (χ1n) is 6.91. The number of aryl methyl sites for hydroxylation is 1. The standard InChI is InChI=1S/C16H16N2O3/c1-11-8-10-21-15(11)16(20)17-12-5-2-3-6-13(12)18-9-4-7-14(18)19/h2-3,5-6,8,10H,4,7,9H2,1H3,(H,17,20). The average Bonchev–Trinajstić information content (AvgIpc) is 3.08. The van der Waals surface area contributed by atoms with Gasteiger partial charge in [0.1, 0.15) is 0 Å². The summed E-state index contributed by atoms with van der Waals surface area (Å²) in [6.45, 7) is 2.50. The zero-order valence-corrected chi connectivity index (χ0v) is 11.8. The van der Waals surface area contributed by atoms with Gasteiger partial charge in [-0.05, 0) is 31.5 Å². The minimum absolute atomic E-state index is 0.0888. The molecular weight excluding hydrogens is 268 g/mol. The molecule has 1 N–H and O–H groups in total. The van der Waals surface area contributed by atoms with Crippen molar-refractivity contribution < 1.29 is 14.0 Å². The van der Waals surface area contributed by atoms with E-state index >= 15 is 0 Å². The Morgan fingerprint density at radius 1 is 1.29 bits per heavy atom. The smallest absolute Gasteiger partial charge is 0.291 e. The molecule has 0 aliphatic carbocycles. The van der Waals surface area contributed by atoms with Gasteiger partial charge in [0.25, 0.3) is 5.91 Å². The summed E-state index contributed by atoms with van der Waals surface area (Å²) in [5.74, 6) is 0.0695. The number of nitrogens with one attached hydrogen (secondary N) is 1. The largest absolute Gasteiger partial charge is 0.459 e. The van der Waals surface area contributed by atoms with Crippen LogP contribution in [0.1, 0.15) is 29.0 Å². The topological polar surface area (TPSA) is 62.6 Å². The number of para-hydroxylation sites is 2. The van der Waals surface area contributed by atoms with Crippen LogP contribution >= 0.6 is 0 Å². The maximum atomic E-state index is 12.2. The van der Waals surface area contributed by atoms with Crippen LogP contribution in [0.25, 0.3) is 0 Å². The fourth-order valence-electron chi connectivity index (χ4n) is 2.50. The third kappa shape index (κ3) is 2.54. The number of rotatable bonds is 3. The molecule has 0 unspecified atom stereocenters. The van der Waals surface area contributed by atoms with Gasteiger partial charge in [0.15, 0.2) is 5.76 Å². The van der Waals surface area contributed by atoms with E-state index in [-0.39, 0.29) is 17.6 Å². The molecule has 108 valence electrons. The zero-order chi connectivity index (χ0) is 14.8. The van der Waals surface area contributed by atoms with Crippen molar-refractivity contribution in [1.29, 1.82) is 0 Å². The van der Waals surface area contributed by atoms with Crippen molar-refractivity contribution in [3.05, 3.63) is 47.9 Å². The van der Waals surface area contributed by atoms with Gasteiger partial charge in [0, 0.05) is 18.5 Å². The van der Waals surface area contributed by atoms with Crippen LogP contribution in [-0.2, 0) is 4.79 Å². The van der Waals surface area contributed by atoms with Crippen molar-refractivity contribution in [3.63, 3.8) is 0 Å². The van der Waals surface area contributed by atoms with Gasteiger partial charge in [-0.2, -0.15) is 0 Å². The van der Waals surface area contributed by atoms with Gasteiger partial charge in [-0.25, -0.2) is 0 Å². The lowest BCUT2D eigenvalue weighted by molar-refractivity contribution is -0.117. The van der Waals surface area contributed by atoms with Crippen LogP contribution in [0.4, 0.5) is 11.4 Å². The Kier molecular flexibility index (Phi) is 3.48. The Balaban J connectivity index is 1.88. The molecular formula is C16H16N2O3. The predicted octanol–water partition coefficient (Wildman–Crippen LogP) is 2.97. The summed E-state index contributed by atoms with van der Waals surface area (Å²) < 4.78 is 5.19. The van der Waals surface area contributed by atoms with E-state index in [1.54, 1.807) is 17.0 Å². The first-order valence-corrected chi connectivity index (χ1v) is 6.91. The molecule has 0 saturated carbocycles. The maximum absolute atomic E-state index is 12.2. The Bertz CT molecular complexity index is 690. The second kappa shape index (κ2) is 5.44. The molecule has 1 aromatic heterocycles. The molecule has 2 heterocycles. The second-order valence-electron chi connectivity index (χ2n) is 5.05. The number of carbonyl (C=O) groups excluding carboxylic acids is 2. The van der Waals surface area contributed by atoms with Crippen LogP contribution in [0.15, 0.2) is 41.0 Å². The molecule has 0 atom stereocenters. The number of furan rings is 1.